The predicted octanol–water partition coefficient (Wildman–Crippen LogP) is -3.86. The van der Waals surface area contributed by atoms with Crippen LogP contribution in [0.25, 0.3) is 0 Å². The number of hydrogen-bond acceptors (Lipinski definition) is 18. The fraction of sp³-hybridized carbons (Fsp3) is 0.690. The number of likely N-dealkylation sites (N-methyl/N-ethyl adjacent to an activating group) is 1. The Hall–Kier alpha value is -7.56. The van der Waals surface area contributed by atoms with Gasteiger partial charge in [-0.25, -0.2) is 4.79 Å². The minimum atomic E-state index is -2.11. The molecule has 0 aromatic rings. The Kier molecular flexibility index (Phi) is 38.2. The Morgan fingerprint density at radius 2 is 1.14 bits per heavy atom. The Bertz CT molecular complexity index is 2680. The number of amides is 11. The first kappa shape index (κ1) is 83.5. The molecule has 0 aromatic heterocycles. The summed E-state index contributed by atoms with van der Waals surface area (Å²) in [6.07, 6.45) is 6.86. The molecular formula is C58H93CaN13O21+2. The fourth-order valence-electron chi connectivity index (χ4n) is 9.94. The van der Waals surface area contributed by atoms with Crippen molar-refractivity contribution in [1.29, 1.82) is 0 Å². The zero-order valence-corrected chi connectivity index (χ0v) is 56.0. The molecule has 2 heterocycles. The number of allylic oxidation sites excluding steroid dienone is 1. The molecule has 11 amide bonds. The molecule has 2 rings (SSSR count). The van der Waals surface area contributed by atoms with Crippen molar-refractivity contribution >= 4 is 133 Å². The first-order valence-corrected chi connectivity index (χ1v) is 30.6. The van der Waals surface area contributed by atoms with Crippen molar-refractivity contribution in [3.63, 3.8) is 0 Å². The maximum atomic E-state index is 14.1. The van der Waals surface area contributed by atoms with Gasteiger partial charge in [-0.2, -0.15) is 0 Å². The molecule has 0 aromatic carbocycles. The van der Waals surface area contributed by atoms with Crippen LogP contribution in [0.15, 0.2) is 12.2 Å². The third-order valence-corrected chi connectivity index (χ3v) is 15.4. The van der Waals surface area contributed by atoms with Crippen LogP contribution < -0.4 is 58.9 Å². The summed E-state index contributed by atoms with van der Waals surface area (Å²) in [6, 6.07) is -16.4. The van der Waals surface area contributed by atoms with E-state index in [-0.39, 0.29) is 57.1 Å². The molecule has 93 heavy (non-hydrogen) atoms. The standard InChI is InChI=1S/C58H93N13O21.Ca/c1-8-31(4)18-13-11-9-10-12-14-21-40(72)65-37(26-45(79)80)56(89)70(7)39(27-46(81)82)54(87)66-36(25-44(77)78)51(84)61-28-41(73)64-35(24-43(75)76)50(83)62-29-42(74)67-48(32(5)59)55(88)68-47(30(2)3)57(90)71-23-17-20-38(71)53(86)69-49(58(91)92)33(6)63-52(85)34-19-15-16-22-60-34;/h12,14,30-39,47-49,60H,8-11,13,15-29,59H2,1-7H3,(H,61,84)(H,62,83)(H,63,85)(H,64,73)(H,65,72)(H,66,87)(H,67,74)(H,68,88)(H,69,86)(H,75,76)(H,77,78)(H,79,80)(H,81,82)(H,91,92);/q;+2. The first-order chi connectivity index (χ1) is 43.2. The van der Waals surface area contributed by atoms with E-state index in [1.807, 2.05) is 16.0 Å². The second-order valence-corrected chi connectivity index (χ2v) is 23.4. The number of rotatable bonds is 41. The Morgan fingerprint density at radius 3 is 1.67 bits per heavy atom. The zero-order chi connectivity index (χ0) is 69.5. The average Bonchev–Trinajstić information content (AvgIpc) is 1.85. The number of hydrogen-bond donors (Lipinski definition) is 16. The van der Waals surface area contributed by atoms with Crippen LogP contribution in [0.3, 0.4) is 0 Å². The molecule has 2 aliphatic heterocycles. The van der Waals surface area contributed by atoms with Crippen molar-refractivity contribution in [2.45, 2.75) is 211 Å². The van der Waals surface area contributed by atoms with Crippen LogP contribution >= 0.6 is 0 Å². The van der Waals surface area contributed by atoms with Crippen LogP contribution in [0, 0.1) is 11.8 Å². The molecule has 34 nitrogen and oxygen atoms in total. The molecule has 0 aliphatic carbocycles. The topological polar surface area (TPSA) is 527 Å². The van der Waals surface area contributed by atoms with Gasteiger partial charge in [-0.3, -0.25) is 71.9 Å². The summed E-state index contributed by atoms with van der Waals surface area (Å²) >= 11 is 0. The molecule has 2 fully saturated rings. The van der Waals surface area contributed by atoms with Gasteiger partial charge in [0.2, 0.25) is 65.0 Å². The van der Waals surface area contributed by atoms with Crippen LogP contribution in [-0.4, -0.2) is 268 Å². The van der Waals surface area contributed by atoms with E-state index in [1.54, 1.807) is 19.9 Å². The maximum absolute atomic E-state index is 14.1. The number of aliphatic carboxylic acids is 5. The summed E-state index contributed by atoms with van der Waals surface area (Å²) in [7, 11) is 0.901. The summed E-state index contributed by atoms with van der Waals surface area (Å²) in [6.45, 7) is 8.72. The fourth-order valence-corrected chi connectivity index (χ4v) is 9.94. The number of carbonyl (C=O) groups is 16. The van der Waals surface area contributed by atoms with Crippen molar-refractivity contribution in [3.8, 4) is 0 Å². The van der Waals surface area contributed by atoms with Gasteiger partial charge in [0.05, 0.1) is 50.9 Å². The first-order valence-electron chi connectivity index (χ1n) is 30.6. The van der Waals surface area contributed by atoms with Gasteiger partial charge in [-0.05, 0) is 70.8 Å². The van der Waals surface area contributed by atoms with Crippen LogP contribution in [0.2, 0.25) is 0 Å². The predicted molar refractivity (Wildman–Crippen MR) is 329 cm³/mol. The number of piperidine rings is 1. The third kappa shape index (κ3) is 30.4. The molecule has 516 valence electrons. The number of carbonyl (C=O) groups excluding carboxylic acids is 11. The van der Waals surface area contributed by atoms with E-state index in [2.05, 4.69) is 51.1 Å². The van der Waals surface area contributed by atoms with E-state index in [9.17, 15) is 102 Å². The molecule has 0 bridgehead atoms. The molecular weight excluding hydrogens is 1250 g/mol. The van der Waals surface area contributed by atoms with E-state index in [0.29, 0.717) is 36.6 Å². The van der Waals surface area contributed by atoms with Crippen molar-refractivity contribution in [2.75, 3.05) is 33.2 Å². The van der Waals surface area contributed by atoms with Crippen molar-refractivity contribution in [2.24, 2.45) is 17.6 Å². The third-order valence-electron chi connectivity index (χ3n) is 15.4. The molecule has 2 aliphatic rings. The molecule has 12 atom stereocenters. The van der Waals surface area contributed by atoms with Crippen LogP contribution in [0.4, 0.5) is 0 Å². The van der Waals surface area contributed by atoms with Crippen LogP contribution in [0.1, 0.15) is 144 Å². The molecule has 17 N–H and O–H groups in total. The van der Waals surface area contributed by atoms with Gasteiger partial charge in [0.25, 0.3) is 0 Å². The second kappa shape index (κ2) is 42.6. The van der Waals surface area contributed by atoms with Crippen molar-refractivity contribution in [1.82, 2.24) is 63.0 Å². The number of carboxylic acids is 5. The van der Waals surface area contributed by atoms with E-state index in [1.165, 1.54) is 24.8 Å². The Balaban J connectivity index is 0.0000432. The van der Waals surface area contributed by atoms with Gasteiger partial charge in [0.15, 0.2) is 0 Å². The van der Waals surface area contributed by atoms with Gasteiger partial charge < -0.3 is 94.2 Å². The Labute approximate surface area is 568 Å². The number of nitrogens with two attached hydrogens (primary N) is 1. The quantitative estimate of drug-likeness (QED) is 0.0158. The Morgan fingerprint density at radius 1 is 0.581 bits per heavy atom. The van der Waals surface area contributed by atoms with Crippen LogP contribution in [-0.2, 0) is 76.7 Å². The summed E-state index contributed by atoms with van der Waals surface area (Å²) in [5, 5.41) is 71.7. The SMILES string of the molecule is CCC(C)CCCCCC=CCC(=O)NC(CC(=O)O)C(=O)N(C)C(CC(=O)O)C(=O)NC(CC(=O)O)C(=O)NCC(=O)NC(CC(=O)O)C(=O)NCC(=O)NC(C(=O)NC(C(=O)N1CCCC1C(=O)NC(C(=O)O)C(C)NC(=O)C1CCCCN1)C(C)C)C(C)N.[Ca+2]. The summed E-state index contributed by atoms with van der Waals surface area (Å²) in [4.78, 5) is 209. The number of likely N-dealkylation sites (tertiary alicyclic amines) is 1. The van der Waals surface area contributed by atoms with E-state index >= 15 is 0 Å². The van der Waals surface area contributed by atoms with Gasteiger partial charge >= 0.3 is 67.6 Å². The molecule has 0 saturated carbocycles. The zero-order valence-electron chi connectivity index (χ0n) is 53.7. The summed E-state index contributed by atoms with van der Waals surface area (Å²) in [5.74, 6) is -19.6. The molecule has 35 heteroatoms. The normalized spacial score (nSPS) is 17.7. The van der Waals surface area contributed by atoms with Gasteiger partial charge in [0.1, 0.15) is 48.3 Å². The number of unbranched alkanes of at least 4 members (excludes halogenated alkanes) is 3. The number of carboxylic acid groups (broad SMARTS) is 5. The monoisotopic (exact) mass is 1350 g/mol. The van der Waals surface area contributed by atoms with Gasteiger partial charge in [-0.15, -0.1) is 0 Å². The largest absolute Gasteiger partial charge is 2.00 e. The summed E-state index contributed by atoms with van der Waals surface area (Å²) < 4.78 is 0. The smallest absolute Gasteiger partial charge is 0.481 e. The summed E-state index contributed by atoms with van der Waals surface area (Å²) in [5.41, 5.74) is 6.07. The van der Waals surface area contributed by atoms with Crippen molar-refractivity contribution < 1.29 is 102 Å². The van der Waals surface area contributed by atoms with Gasteiger partial charge in [-0.1, -0.05) is 72.0 Å². The van der Waals surface area contributed by atoms with E-state index in [0.717, 1.165) is 52.0 Å². The maximum Gasteiger partial charge on any atom is 2.00 e. The molecule has 2 saturated heterocycles. The number of nitrogens with zero attached hydrogens (tertiary/aromatic N) is 2. The van der Waals surface area contributed by atoms with E-state index in [4.69, 9.17) is 5.73 Å². The second-order valence-electron chi connectivity index (χ2n) is 23.4. The minimum Gasteiger partial charge on any atom is -0.481 e. The van der Waals surface area contributed by atoms with Crippen molar-refractivity contribution in [3.05, 3.63) is 12.2 Å². The van der Waals surface area contributed by atoms with Gasteiger partial charge in [0, 0.05) is 26.1 Å². The van der Waals surface area contributed by atoms with Crippen LogP contribution in [0.5, 0.6) is 0 Å². The molecule has 0 radical (unpaired) electrons. The number of nitrogens with one attached hydrogen (secondary N) is 10. The minimum absolute atomic E-state index is 0. The molecule has 12 unspecified atom stereocenters. The average molecular weight is 1350 g/mol. The van der Waals surface area contributed by atoms with E-state index < -0.39 is 206 Å². The molecule has 0 spiro atoms.